The lowest BCUT2D eigenvalue weighted by atomic mass is 9.95. The molecule has 1 unspecified atom stereocenters. The van der Waals surface area contributed by atoms with E-state index in [0.29, 0.717) is 13.2 Å². The van der Waals surface area contributed by atoms with Gasteiger partial charge in [0.25, 0.3) is 0 Å². The Kier molecular flexibility index (Phi) is 8.08. The van der Waals surface area contributed by atoms with E-state index in [1.165, 1.54) is 0 Å². The Bertz CT molecular complexity index is 133. The Morgan fingerprint density at radius 2 is 1.93 bits per heavy atom. The summed E-state index contributed by atoms with van der Waals surface area (Å²) in [6.45, 7) is 6.21. The minimum atomic E-state index is -0.00265. The van der Waals surface area contributed by atoms with E-state index in [0.717, 1.165) is 19.4 Å². The number of rotatable bonds is 9. The molecular weight excluding hydrogens is 182 g/mol. The minimum absolute atomic E-state index is 0.00265. The van der Waals surface area contributed by atoms with Gasteiger partial charge in [0, 0.05) is 18.7 Å². The van der Waals surface area contributed by atoms with Gasteiger partial charge in [-0.3, -0.25) is 0 Å². The van der Waals surface area contributed by atoms with E-state index in [9.17, 15) is 0 Å². The second-order valence-electron chi connectivity index (χ2n) is 3.65. The third-order valence-corrected chi connectivity index (χ3v) is 2.48. The molecule has 0 amide bonds. The quantitative estimate of drug-likeness (QED) is 0.468. The molecule has 0 saturated heterocycles. The first-order valence-electron chi connectivity index (χ1n) is 5.23. The predicted molar refractivity (Wildman–Crippen MR) is 56.3 cm³/mol. The van der Waals surface area contributed by atoms with Crippen LogP contribution in [0.2, 0.25) is 0 Å². The summed E-state index contributed by atoms with van der Waals surface area (Å²) in [6, 6.07) is 0. The van der Waals surface area contributed by atoms with Gasteiger partial charge < -0.3 is 20.3 Å². The third kappa shape index (κ3) is 6.32. The summed E-state index contributed by atoms with van der Waals surface area (Å²) in [5.41, 5.74) is -0.00265. The lowest BCUT2D eigenvalue weighted by Gasteiger charge is -2.29. The van der Waals surface area contributed by atoms with Crippen molar-refractivity contribution in [3.05, 3.63) is 0 Å². The smallest absolute Gasteiger partial charge is 0.0698 e. The average molecular weight is 205 g/mol. The number of aliphatic hydroxyl groups excluding tert-OH is 2. The molecule has 0 aliphatic carbocycles. The van der Waals surface area contributed by atoms with Crippen molar-refractivity contribution in [2.45, 2.75) is 32.2 Å². The van der Waals surface area contributed by atoms with Crippen LogP contribution in [0.3, 0.4) is 0 Å². The van der Waals surface area contributed by atoms with Crippen LogP contribution in [0.1, 0.15) is 26.7 Å². The van der Waals surface area contributed by atoms with E-state index in [4.69, 9.17) is 14.9 Å². The molecule has 0 aliphatic rings. The van der Waals surface area contributed by atoms with Gasteiger partial charge >= 0.3 is 0 Å². The van der Waals surface area contributed by atoms with Crippen LogP contribution in [0.25, 0.3) is 0 Å². The maximum absolute atomic E-state index is 8.87. The molecule has 1 atom stereocenters. The lowest BCUT2D eigenvalue weighted by molar-refractivity contribution is 0.0878. The van der Waals surface area contributed by atoms with Crippen molar-refractivity contribution >= 4 is 0 Å². The van der Waals surface area contributed by atoms with Crippen LogP contribution in [0.5, 0.6) is 0 Å². The number of ether oxygens (including phenoxy) is 1. The summed E-state index contributed by atoms with van der Waals surface area (Å²) in [5, 5.41) is 20.7. The normalized spacial score (nSPS) is 15.4. The van der Waals surface area contributed by atoms with Gasteiger partial charge in [0.05, 0.1) is 19.8 Å². The standard InChI is InChI=1S/C10H23NO3/c1-3-10(2,4-6-12)11-5-8-14-9-7-13/h11-13H,3-9H2,1-2H3. The molecule has 0 radical (unpaired) electrons. The SMILES string of the molecule is CCC(C)(CCO)NCCOCCO. The van der Waals surface area contributed by atoms with E-state index in [2.05, 4.69) is 19.2 Å². The van der Waals surface area contributed by atoms with E-state index in [1.54, 1.807) is 0 Å². The molecule has 0 bridgehead atoms. The van der Waals surface area contributed by atoms with Gasteiger partial charge in [-0.2, -0.15) is 0 Å². The molecule has 4 heteroatoms. The van der Waals surface area contributed by atoms with E-state index in [-0.39, 0.29) is 18.8 Å². The maximum Gasteiger partial charge on any atom is 0.0698 e. The van der Waals surface area contributed by atoms with Crippen molar-refractivity contribution in [1.82, 2.24) is 5.32 Å². The van der Waals surface area contributed by atoms with Crippen LogP contribution in [-0.2, 0) is 4.74 Å². The second kappa shape index (κ2) is 8.17. The highest BCUT2D eigenvalue weighted by atomic mass is 16.5. The molecule has 0 aromatic carbocycles. The van der Waals surface area contributed by atoms with E-state index in [1.807, 2.05) is 0 Å². The van der Waals surface area contributed by atoms with Crippen LogP contribution in [0, 0.1) is 0 Å². The summed E-state index contributed by atoms with van der Waals surface area (Å²) >= 11 is 0. The van der Waals surface area contributed by atoms with Crippen molar-refractivity contribution in [1.29, 1.82) is 0 Å². The Morgan fingerprint density at radius 3 is 2.43 bits per heavy atom. The largest absolute Gasteiger partial charge is 0.396 e. The Morgan fingerprint density at radius 1 is 1.21 bits per heavy atom. The van der Waals surface area contributed by atoms with Crippen LogP contribution < -0.4 is 5.32 Å². The van der Waals surface area contributed by atoms with Gasteiger partial charge in [-0.05, 0) is 19.8 Å². The third-order valence-electron chi connectivity index (χ3n) is 2.48. The van der Waals surface area contributed by atoms with Gasteiger partial charge in [0.15, 0.2) is 0 Å². The minimum Gasteiger partial charge on any atom is -0.396 e. The molecule has 0 heterocycles. The molecule has 14 heavy (non-hydrogen) atoms. The number of hydrogen-bond donors (Lipinski definition) is 3. The fraction of sp³-hybridized carbons (Fsp3) is 1.00. The van der Waals surface area contributed by atoms with Gasteiger partial charge in [0.2, 0.25) is 0 Å². The fourth-order valence-electron chi connectivity index (χ4n) is 1.23. The van der Waals surface area contributed by atoms with Gasteiger partial charge in [0.1, 0.15) is 0 Å². The topological polar surface area (TPSA) is 61.7 Å². The van der Waals surface area contributed by atoms with Gasteiger partial charge in [-0.15, -0.1) is 0 Å². The summed E-state index contributed by atoms with van der Waals surface area (Å²) in [6.07, 6.45) is 1.73. The highest BCUT2D eigenvalue weighted by Gasteiger charge is 2.19. The van der Waals surface area contributed by atoms with Crippen LogP contribution in [-0.4, -0.2) is 48.7 Å². The lowest BCUT2D eigenvalue weighted by Crippen LogP contribution is -2.44. The van der Waals surface area contributed by atoms with Crippen molar-refractivity contribution < 1.29 is 14.9 Å². The molecule has 3 N–H and O–H groups in total. The van der Waals surface area contributed by atoms with Crippen molar-refractivity contribution in [2.24, 2.45) is 0 Å². The van der Waals surface area contributed by atoms with E-state index >= 15 is 0 Å². The first-order chi connectivity index (χ1) is 6.68. The number of hydrogen-bond acceptors (Lipinski definition) is 4. The summed E-state index contributed by atoms with van der Waals surface area (Å²) in [7, 11) is 0. The zero-order valence-electron chi connectivity index (χ0n) is 9.25. The molecular formula is C10H23NO3. The molecule has 0 aromatic heterocycles. The van der Waals surface area contributed by atoms with Crippen LogP contribution >= 0.6 is 0 Å². The van der Waals surface area contributed by atoms with Gasteiger partial charge in [-0.25, -0.2) is 0 Å². The van der Waals surface area contributed by atoms with Crippen molar-refractivity contribution in [2.75, 3.05) is 33.0 Å². The van der Waals surface area contributed by atoms with E-state index < -0.39 is 0 Å². The molecule has 0 spiro atoms. The maximum atomic E-state index is 8.87. The zero-order chi connectivity index (χ0) is 10.9. The molecule has 0 aliphatic heterocycles. The summed E-state index contributed by atoms with van der Waals surface area (Å²) < 4.78 is 5.13. The first kappa shape index (κ1) is 13.8. The van der Waals surface area contributed by atoms with Crippen LogP contribution in [0.15, 0.2) is 0 Å². The second-order valence-corrected chi connectivity index (χ2v) is 3.65. The molecule has 0 fully saturated rings. The number of aliphatic hydroxyl groups is 2. The molecule has 86 valence electrons. The predicted octanol–water partition coefficient (Wildman–Crippen LogP) is 0.136. The molecule has 0 aromatic rings. The monoisotopic (exact) mass is 205 g/mol. The fourth-order valence-corrected chi connectivity index (χ4v) is 1.23. The molecule has 0 saturated carbocycles. The zero-order valence-corrected chi connectivity index (χ0v) is 9.25. The number of nitrogens with one attached hydrogen (secondary N) is 1. The van der Waals surface area contributed by atoms with Gasteiger partial charge in [-0.1, -0.05) is 6.92 Å². The average Bonchev–Trinajstić information content (AvgIpc) is 2.18. The molecule has 0 rings (SSSR count). The van der Waals surface area contributed by atoms with Crippen molar-refractivity contribution in [3.63, 3.8) is 0 Å². The first-order valence-corrected chi connectivity index (χ1v) is 5.23. The Balaban J connectivity index is 3.51. The van der Waals surface area contributed by atoms with Crippen molar-refractivity contribution in [3.8, 4) is 0 Å². The summed E-state index contributed by atoms with van der Waals surface area (Å²) in [4.78, 5) is 0. The highest BCUT2D eigenvalue weighted by Crippen LogP contribution is 2.12. The Labute approximate surface area is 86.3 Å². The Hall–Kier alpha value is -0.160. The summed E-state index contributed by atoms with van der Waals surface area (Å²) in [5.74, 6) is 0. The van der Waals surface area contributed by atoms with Crippen LogP contribution in [0.4, 0.5) is 0 Å². The highest BCUT2D eigenvalue weighted by molar-refractivity contribution is 4.80. The molecule has 4 nitrogen and oxygen atoms in total.